The highest BCUT2D eigenvalue weighted by Crippen LogP contribution is 2.28. The molecule has 4 heterocycles. The lowest BCUT2D eigenvalue weighted by Gasteiger charge is -2.35. The molecule has 0 spiro atoms. The lowest BCUT2D eigenvalue weighted by Crippen LogP contribution is -2.49. The average molecular weight is 550 g/mol. The number of piperidine rings is 1. The molecule has 0 radical (unpaired) electrons. The third-order valence-electron chi connectivity index (χ3n) is 6.83. The predicted octanol–water partition coefficient (Wildman–Crippen LogP) is 2.32. The Hall–Kier alpha value is -3.35. The summed E-state index contributed by atoms with van der Waals surface area (Å²) < 4.78 is 1.65. The number of likely N-dealkylation sites (tertiary alicyclic amines) is 2. The molecule has 5 rings (SSSR count). The maximum Gasteiger partial charge on any atom is 0.408 e. The van der Waals surface area contributed by atoms with Gasteiger partial charge in [-0.15, -0.1) is 0 Å². The molecule has 12 nitrogen and oxygen atoms in total. The van der Waals surface area contributed by atoms with E-state index in [-0.39, 0.29) is 30.5 Å². The number of hydrogen-bond acceptors (Lipinski definition) is 7. The highest BCUT2D eigenvalue weighted by Gasteiger charge is 2.41. The number of aromatic amines is 1. The third-order valence-corrected chi connectivity index (χ3v) is 7.57. The van der Waals surface area contributed by atoms with Gasteiger partial charge in [-0.2, -0.15) is 5.10 Å². The Morgan fingerprint density at radius 1 is 1.19 bits per heavy atom. The molecule has 2 atom stereocenters. The van der Waals surface area contributed by atoms with Crippen LogP contribution in [0.4, 0.5) is 10.7 Å². The molecule has 2 fully saturated rings. The maximum atomic E-state index is 13.0. The zero-order valence-electron chi connectivity index (χ0n) is 19.6. The number of H-pyrrole nitrogens is 1. The molecular weight excluding hydrogens is 525 g/mol. The summed E-state index contributed by atoms with van der Waals surface area (Å²) in [6.45, 7) is 1.09. The van der Waals surface area contributed by atoms with E-state index in [4.69, 9.17) is 23.2 Å². The number of carbonyl (C=O) groups is 2. The van der Waals surface area contributed by atoms with Crippen molar-refractivity contribution in [2.24, 2.45) is 0 Å². The molecule has 2 amide bonds. The molecule has 1 aromatic carbocycles. The number of aromatic nitrogens is 4. The number of carbonyl (C=O) groups excluding carboxylic acids is 1. The monoisotopic (exact) mass is 549 g/mol. The van der Waals surface area contributed by atoms with Crippen LogP contribution in [0.5, 0.6) is 0 Å². The van der Waals surface area contributed by atoms with Crippen LogP contribution in [-0.2, 0) is 11.3 Å². The predicted molar refractivity (Wildman–Crippen MR) is 136 cm³/mol. The van der Waals surface area contributed by atoms with Crippen LogP contribution in [-0.4, -0.2) is 83.5 Å². The Morgan fingerprint density at radius 3 is 2.65 bits per heavy atom. The van der Waals surface area contributed by atoms with Gasteiger partial charge in [0.15, 0.2) is 5.52 Å². The summed E-state index contributed by atoms with van der Waals surface area (Å²) in [6.07, 6.45) is 0.656. The van der Waals surface area contributed by atoms with Gasteiger partial charge in [0.25, 0.3) is 5.56 Å². The molecule has 2 aliphatic rings. The number of carboxylic acid groups (broad SMARTS) is 1. The van der Waals surface area contributed by atoms with Crippen molar-refractivity contribution < 1.29 is 19.8 Å². The quantitative estimate of drug-likeness (QED) is 0.377. The minimum absolute atomic E-state index is 0.0679. The van der Waals surface area contributed by atoms with Gasteiger partial charge in [-0.1, -0.05) is 29.3 Å². The van der Waals surface area contributed by atoms with Crippen LogP contribution in [0, 0.1) is 0 Å². The summed E-state index contributed by atoms with van der Waals surface area (Å²) >= 11 is 12.0. The van der Waals surface area contributed by atoms with E-state index in [2.05, 4.69) is 20.4 Å². The Labute approximate surface area is 220 Å². The topological polar surface area (TPSA) is 157 Å². The second kappa shape index (κ2) is 10.2. The van der Waals surface area contributed by atoms with E-state index in [1.807, 2.05) is 6.07 Å². The normalized spacial score (nSPS) is 20.5. The second-order valence-corrected chi connectivity index (χ2v) is 10.1. The van der Waals surface area contributed by atoms with Crippen LogP contribution in [0.2, 0.25) is 10.0 Å². The largest absolute Gasteiger partial charge is 0.465 e. The van der Waals surface area contributed by atoms with Gasteiger partial charge < -0.3 is 20.4 Å². The Bertz CT molecular complexity index is 1400. The van der Waals surface area contributed by atoms with Gasteiger partial charge in [0.05, 0.1) is 34.9 Å². The molecule has 3 aromatic rings. The zero-order chi connectivity index (χ0) is 26.3. The summed E-state index contributed by atoms with van der Waals surface area (Å²) in [5.41, 5.74) is 1.32. The fourth-order valence-corrected chi connectivity index (χ4v) is 5.29. The van der Waals surface area contributed by atoms with E-state index in [9.17, 15) is 24.6 Å². The molecule has 37 heavy (non-hydrogen) atoms. The van der Waals surface area contributed by atoms with E-state index in [1.165, 1.54) is 6.20 Å². The van der Waals surface area contributed by atoms with Gasteiger partial charge in [0, 0.05) is 26.1 Å². The van der Waals surface area contributed by atoms with Crippen molar-refractivity contribution in [2.45, 2.75) is 44.0 Å². The van der Waals surface area contributed by atoms with Crippen molar-refractivity contribution in [1.29, 1.82) is 0 Å². The van der Waals surface area contributed by atoms with Crippen LogP contribution in [0.25, 0.3) is 11.0 Å². The molecule has 2 saturated heterocycles. The van der Waals surface area contributed by atoms with Crippen molar-refractivity contribution in [3.63, 3.8) is 0 Å². The van der Waals surface area contributed by atoms with Crippen LogP contribution in [0.15, 0.2) is 29.2 Å². The molecule has 2 aliphatic heterocycles. The van der Waals surface area contributed by atoms with E-state index in [1.54, 1.807) is 21.7 Å². The number of benzene rings is 1. The molecule has 0 bridgehead atoms. The highest BCUT2D eigenvalue weighted by molar-refractivity contribution is 6.42. The van der Waals surface area contributed by atoms with E-state index in [0.717, 1.165) is 10.5 Å². The number of fused-ring (bicyclic) bond motifs is 1. The molecule has 0 saturated carbocycles. The number of nitrogens with zero attached hydrogens (tertiary/aromatic N) is 5. The Morgan fingerprint density at radius 2 is 1.95 bits per heavy atom. The highest BCUT2D eigenvalue weighted by atomic mass is 35.5. The standard InChI is InChI=1S/C23H25Cl2N7O5/c24-15-2-1-12(7-16(15)25)9-26-22-28-17-10-27-32(19(17)20(34)29-22)13-3-5-30(6-4-13)21(35)18-8-14(33)11-31(18)23(36)37/h1-2,7,10,13-14,18,33H,3-6,8-9,11H2,(H,36,37)(H2,26,28,29,34)/t14-,18-/m0/s1. The molecule has 196 valence electrons. The first-order valence-electron chi connectivity index (χ1n) is 11.8. The number of anilines is 1. The van der Waals surface area contributed by atoms with Crippen molar-refractivity contribution in [2.75, 3.05) is 25.0 Å². The number of aliphatic hydroxyl groups is 1. The number of halogens is 2. The number of β-amino-alcohol motifs (C(OH)–C–C–N with tert-alkyl or cyclic N) is 1. The third kappa shape index (κ3) is 5.09. The van der Waals surface area contributed by atoms with Gasteiger partial charge in [0.1, 0.15) is 11.6 Å². The second-order valence-electron chi connectivity index (χ2n) is 9.24. The van der Waals surface area contributed by atoms with Crippen LogP contribution >= 0.6 is 23.2 Å². The summed E-state index contributed by atoms with van der Waals surface area (Å²) in [7, 11) is 0. The Kier molecular flexibility index (Phi) is 6.97. The lowest BCUT2D eigenvalue weighted by atomic mass is 10.0. The van der Waals surface area contributed by atoms with E-state index >= 15 is 0 Å². The fraction of sp³-hybridized carbons (Fsp3) is 0.435. The smallest absolute Gasteiger partial charge is 0.408 e. The van der Waals surface area contributed by atoms with Crippen molar-refractivity contribution in [1.82, 2.24) is 29.5 Å². The number of nitrogens with one attached hydrogen (secondary N) is 2. The zero-order valence-corrected chi connectivity index (χ0v) is 21.1. The Balaban J connectivity index is 1.25. The summed E-state index contributed by atoms with van der Waals surface area (Å²) in [6, 6.07) is 4.25. The summed E-state index contributed by atoms with van der Waals surface area (Å²) in [5, 5.41) is 27.6. The van der Waals surface area contributed by atoms with Crippen LogP contribution < -0.4 is 10.9 Å². The van der Waals surface area contributed by atoms with Gasteiger partial charge in [-0.05, 0) is 30.5 Å². The first kappa shape index (κ1) is 25.3. The fourth-order valence-electron chi connectivity index (χ4n) is 4.97. The number of hydrogen-bond donors (Lipinski definition) is 4. The molecule has 0 aliphatic carbocycles. The van der Waals surface area contributed by atoms with Gasteiger partial charge in [-0.25, -0.2) is 9.78 Å². The first-order chi connectivity index (χ1) is 17.7. The first-order valence-corrected chi connectivity index (χ1v) is 12.6. The van der Waals surface area contributed by atoms with Crippen LogP contribution in [0.1, 0.15) is 30.9 Å². The minimum atomic E-state index is -1.22. The SMILES string of the molecule is O=C([C@@H]1C[C@H](O)CN1C(=O)O)N1CCC(n2ncc3nc(NCc4ccc(Cl)c(Cl)c4)[nH]c(=O)c32)CC1. The summed E-state index contributed by atoms with van der Waals surface area (Å²) in [4.78, 5) is 47.2. The number of rotatable bonds is 5. The molecule has 14 heteroatoms. The maximum absolute atomic E-state index is 13.0. The minimum Gasteiger partial charge on any atom is -0.465 e. The van der Waals surface area contributed by atoms with Gasteiger partial charge in [0.2, 0.25) is 11.9 Å². The molecular formula is C23H25Cl2N7O5. The van der Waals surface area contributed by atoms with Crippen molar-refractivity contribution >= 4 is 52.2 Å². The van der Waals surface area contributed by atoms with Crippen LogP contribution in [0.3, 0.4) is 0 Å². The van der Waals surface area contributed by atoms with Crippen molar-refractivity contribution in [3.8, 4) is 0 Å². The van der Waals surface area contributed by atoms with E-state index < -0.39 is 18.2 Å². The number of amides is 2. The average Bonchev–Trinajstić information content (AvgIpc) is 3.48. The van der Waals surface area contributed by atoms with Gasteiger partial charge in [-0.3, -0.25) is 24.2 Å². The molecule has 4 N–H and O–H groups in total. The molecule has 0 unspecified atom stereocenters. The lowest BCUT2D eigenvalue weighted by molar-refractivity contribution is -0.136. The van der Waals surface area contributed by atoms with Gasteiger partial charge >= 0.3 is 6.09 Å². The molecule has 2 aromatic heterocycles. The summed E-state index contributed by atoms with van der Waals surface area (Å²) in [5.74, 6) is -0.00907. The van der Waals surface area contributed by atoms with E-state index in [0.29, 0.717) is 59.5 Å². The number of aliphatic hydroxyl groups excluding tert-OH is 1. The van der Waals surface area contributed by atoms with Crippen molar-refractivity contribution in [3.05, 3.63) is 50.4 Å².